The largest absolute Gasteiger partial charge is 0.394 e. The summed E-state index contributed by atoms with van der Waals surface area (Å²) >= 11 is 0. The summed E-state index contributed by atoms with van der Waals surface area (Å²) in [6, 6.07) is 0. The third-order valence-corrected chi connectivity index (χ3v) is 4.14. The monoisotopic (exact) mass is 1960 g/mol. The van der Waals surface area contributed by atoms with Crippen molar-refractivity contribution < 1.29 is 358 Å². The molecule has 0 aliphatic carbocycles. The molecule has 2 rings (SSSR count). The van der Waals surface area contributed by atoms with E-state index in [0.29, 0.717) is 0 Å². The number of aliphatic hydroxyl groups excluding tert-OH is 7. The van der Waals surface area contributed by atoms with Gasteiger partial charge in [0.2, 0.25) is 0 Å². The van der Waals surface area contributed by atoms with Crippen LogP contribution in [0.4, 0.5) is 0 Å². The Morgan fingerprint density at radius 1 is 0.688 bits per heavy atom. The van der Waals surface area contributed by atoms with Gasteiger partial charge in [0.25, 0.3) is 0 Å². The van der Waals surface area contributed by atoms with E-state index in [9.17, 15) is 30.6 Å². The van der Waals surface area contributed by atoms with Crippen molar-refractivity contribution in [2.24, 2.45) is 5.11 Å². The fourth-order valence-electron chi connectivity index (χ4n) is 2.72. The predicted octanol–water partition coefficient (Wildman–Crippen LogP) is -4.08. The smallest absolute Gasteiger partial charge is 0.187 e. The Morgan fingerprint density at radius 2 is 1.19 bits per heavy atom. The van der Waals surface area contributed by atoms with Crippen molar-refractivity contribution >= 4 is 0 Å². The van der Waals surface area contributed by atoms with Crippen LogP contribution in [0.5, 0.6) is 0 Å². The predicted molar refractivity (Wildman–Crippen MR) is 75.5 cm³/mol. The van der Waals surface area contributed by atoms with Crippen molar-refractivity contribution in [3.63, 3.8) is 0 Å². The van der Waals surface area contributed by atoms with Crippen LogP contribution in [0.25, 0.3) is 10.4 Å². The number of ether oxygens (including phenoxy) is 3. The number of aliphatic hydroxyl groups is 7. The average Bonchev–Trinajstić information content (AvgIpc) is 2.61. The summed E-state index contributed by atoms with van der Waals surface area (Å²) < 4.78 is 15.6. The number of rotatable bonds is 5. The number of nitrogens with zero attached hydrogens (tertiary/aromatic N) is 3. The van der Waals surface area contributed by atoms with Crippen molar-refractivity contribution in [2.75, 3.05) is 13.2 Å². The fraction of sp³-hybridized carbons (Fsp3) is 1.00. The van der Waals surface area contributed by atoms with Gasteiger partial charge in [-0.1, -0.05) is 5.11 Å². The Hall–Kier alpha value is 9.00. The maximum Gasteiger partial charge on any atom is 0.187 e. The summed E-state index contributed by atoms with van der Waals surface area (Å²) in [7, 11) is 0. The van der Waals surface area contributed by atoms with E-state index in [4.69, 9.17) is 24.8 Å². The van der Waals surface area contributed by atoms with Crippen molar-refractivity contribution in [2.45, 2.75) is 61.3 Å². The molecule has 0 aromatic rings. The first kappa shape index (κ1) is 53.6. The molecule has 7 N–H and O–H groups in total. The molecule has 7 radical (unpaired) electrons. The summed E-state index contributed by atoms with van der Waals surface area (Å²) in [4.78, 5) is 2.46. The first-order valence-electron chi connectivity index (χ1n) is 7.48. The summed E-state index contributed by atoms with van der Waals surface area (Å²) in [5.74, 6) is 0. The first-order valence-corrected chi connectivity index (χ1v) is 7.48. The molecule has 0 bridgehead atoms. The number of hydrogen-bond acceptors (Lipinski definition) is 11. The molecule has 0 spiro atoms. The standard InChI is InChI=1S/C12H21N3O10.7Ac/c13-15-14-11-8(21)7(20)10(4(2-17)23-11)25-12-9(22)6(19)5(18)3(1-16)24-12;;;;;;;/h3-12,16-22H,1-2H2;;;;;;;/t3?,4?,5-,6-,7+,8?,9?,10-,11+,12-;;;;;;;/m0......./s1. The van der Waals surface area contributed by atoms with Gasteiger partial charge in [-0.15, -0.1) is 0 Å². The second-order valence-electron chi connectivity index (χ2n) is 5.73. The molecule has 2 aliphatic heterocycles. The molecule has 4 unspecified atom stereocenters. The minimum Gasteiger partial charge on any atom is -0.394 e. The van der Waals surface area contributed by atoms with Gasteiger partial charge in [0.05, 0.1) is 13.2 Å². The van der Waals surface area contributed by atoms with Crippen molar-refractivity contribution in [3.05, 3.63) is 10.4 Å². The van der Waals surface area contributed by atoms with E-state index in [1.807, 2.05) is 0 Å². The minimum atomic E-state index is -1.74. The van der Waals surface area contributed by atoms with E-state index < -0.39 is 74.6 Å². The molecule has 10 atom stereocenters. The molecule has 2 aliphatic rings. The Bertz CT molecular complexity index is 512. The zero-order chi connectivity index (χ0) is 18.7. The molecule has 2 fully saturated rings. The van der Waals surface area contributed by atoms with Gasteiger partial charge in [0.15, 0.2) is 12.5 Å². The van der Waals surface area contributed by atoms with Crippen molar-refractivity contribution in [3.8, 4) is 0 Å². The van der Waals surface area contributed by atoms with Gasteiger partial charge in [-0.3, -0.25) is 0 Å². The number of azide groups is 1. The van der Waals surface area contributed by atoms with Gasteiger partial charge >= 0.3 is 0 Å². The van der Waals surface area contributed by atoms with E-state index in [1.54, 1.807) is 0 Å². The van der Waals surface area contributed by atoms with E-state index in [2.05, 4.69) is 10.0 Å². The Balaban J connectivity index is -0.000000241. The molecular weight excluding hydrogens is 1940 g/mol. The van der Waals surface area contributed by atoms with E-state index in [-0.39, 0.29) is 308 Å². The SMILES string of the molecule is [Ac].[Ac].[Ac].[Ac].[Ac].[Ac].[Ac].[N-]=[N+]=N[C@@H]1OC(CO)[C@H](O[C@@H]2OC(CO)[C@H](O)[C@H](O)C2O)[C@H](O)C1O. The molecule has 20 heteroatoms. The van der Waals surface area contributed by atoms with E-state index in [1.165, 1.54) is 0 Å². The minimum absolute atomic E-state index is 0. The summed E-state index contributed by atoms with van der Waals surface area (Å²) in [6.07, 6.45) is -15.4. The zero-order valence-electron chi connectivity index (χ0n) is 16.9. The van der Waals surface area contributed by atoms with Crippen LogP contribution in [0, 0.1) is 308 Å². The zero-order valence-corrected chi connectivity index (χ0v) is 50.1. The maximum atomic E-state index is 10.1. The molecule has 2 heterocycles. The maximum absolute atomic E-state index is 10.1. The quantitative estimate of drug-likeness (QED) is 0.0804. The molecular formula is C12H21Ac7N3O10. The van der Waals surface area contributed by atoms with Crippen LogP contribution in [-0.2, 0) is 14.2 Å². The van der Waals surface area contributed by atoms with Crippen molar-refractivity contribution in [1.29, 1.82) is 0 Å². The molecule has 32 heavy (non-hydrogen) atoms. The third kappa shape index (κ3) is 15.6. The summed E-state index contributed by atoms with van der Waals surface area (Å²) in [6.45, 7) is -1.37. The Labute approximate surface area is 435 Å². The van der Waals surface area contributed by atoms with Gasteiger partial charge in [-0.2, -0.15) is 0 Å². The fourth-order valence-corrected chi connectivity index (χ4v) is 2.72. The second-order valence-corrected chi connectivity index (χ2v) is 5.73. The number of hydrogen-bond donors (Lipinski definition) is 7. The molecule has 0 saturated carbocycles. The average molecular weight is 1960 g/mol. The van der Waals surface area contributed by atoms with Crippen LogP contribution >= 0.6 is 0 Å². The molecule has 0 aromatic carbocycles. The van der Waals surface area contributed by atoms with Gasteiger partial charge in [0.1, 0.15) is 48.8 Å². The van der Waals surface area contributed by atoms with Crippen LogP contribution < -0.4 is 0 Å². The van der Waals surface area contributed by atoms with Crippen molar-refractivity contribution in [1.82, 2.24) is 0 Å². The van der Waals surface area contributed by atoms with Gasteiger partial charge in [0, 0.05) is 313 Å². The topological polar surface area (TPSA) is 218 Å². The van der Waals surface area contributed by atoms with Gasteiger partial charge in [-0.05, 0) is 5.53 Å². The molecule has 165 valence electrons. The second kappa shape index (κ2) is 28.8. The van der Waals surface area contributed by atoms with E-state index in [0.717, 1.165) is 0 Å². The van der Waals surface area contributed by atoms with Crippen LogP contribution in [0.15, 0.2) is 5.11 Å². The van der Waals surface area contributed by atoms with E-state index >= 15 is 0 Å². The molecule has 0 amide bonds. The Morgan fingerprint density at radius 3 is 1.62 bits per heavy atom. The molecule has 0 aromatic heterocycles. The Kier molecular flexibility index (Phi) is 48.1. The third-order valence-electron chi connectivity index (χ3n) is 4.14. The van der Waals surface area contributed by atoms with Crippen LogP contribution in [0.3, 0.4) is 0 Å². The summed E-state index contributed by atoms with van der Waals surface area (Å²) in [5, 5.41) is 71.1. The normalized spacial score (nSPS) is 37.5. The van der Waals surface area contributed by atoms with Crippen LogP contribution in [0.1, 0.15) is 0 Å². The summed E-state index contributed by atoms with van der Waals surface area (Å²) in [5.41, 5.74) is 8.42. The van der Waals surface area contributed by atoms with Gasteiger partial charge in [-0.25, -0.2) is 0 Å². The molecule has 2 saturated heterocycles. The first-order chi connectivity index (χ1) is 11.8. The molecule has 13 nitrogen and oxygen atoms in total. The van der Waals surface area contributed by atoms with Crippen LogP contribution in [0.2, 0.25) is 0 Å². The van der Waals surface area contributed by atoms with Crippen LogP contribution in [-0.4, -0.2) is 110 Å². The van der Waals surface area contributed by atoms with Gasteiger partial charge < -0.3 is 50.0 Å².